The van der Waals surface area contributed by atoms with E-state index in [1.165, 1.54) is 0 Å². The summed E-state index contributed by atoms with van der Waals surface area (Å²) in [5.74, 6) is 0.837. The van der Waals surface area contributed by atoms with Crippen LogP contribution in [0.5, 0.6) is 0 Å². The Balaban J connectivity index is 2.23. The molecule has 0 fully saturated rings. The molecule has 1 heterocycles. The van der Waals surface area contributed by atoms with Crippen molar-refractivity contribution >= 4 is 42.9 Å². The predicted octanol–water partition coefficient (Wildman–Crippen LogP) is 4.21. The van der Waals surface area contributed by atoms with Crippen molar-refractivity contribution in [3.05, 3.63) is 50.9 Å². The van der Waals surface area contributed by atoms with Crippen molar-refractivity contribution in [3.8, 4) is 11.4 Å². The molecule has 2 aromatic carbocycles. The zero-order chi connectivity index (χ0) is 13.4. The van der Waals surface area contributed by atoms with Gasteiger partial charge in [-0.05, 0) is 29.8 Å². The minimum absolute atomic E-state index is 0.487. The fourth-order valence-electron chi connectivity index (χ4n) is 2.06. The van der Waals surface area contributed by atoms with Crippen molar-refractivity contribution in [2.45, 2.75) is 6.54 Å². The SMILES string of the molecule is NCc1cccc2[nH]c(-c3cc(Br)ccc3Br)nc12. The van der Waals surface area contributed by atoms with E-state index in [1.807, 2.05) is 36.4 Å². The number of rotatable bonds is 2. The monoisotopic (exact) mass is 379 g/mol. The lowest BCUT2D eigenvalue weighted by Gasteiger charge is -2.01. The second-order valence-corrected chi connectivity index (χ2v) is 6.00. The number of benzene rings is 2. The molecule has 0 spiro atoms. The van der Waals surface area contributed by atoms with Gasteiger partial charge in [0.25, 0.3) is 0 Å². The van der Waals surface area contributed by atoms with Crippen molar-refractivity contribution in [3.63, 3.8) is 0 Å². The molecular formula is C14H11Br2N3. The smallest absolute Gasteiger partial charge is 0.139 e. The molecule has 0 aliphatic rings. The number of para-hydroxylation sites is 1. The highest BCUT2D eigenvalue weighted by Crippen LogP contribution is 2.31. The zero-order valence-electron chi connectivity index (χ0n) is 9.95. The number of imidazole rings is 1. The quantitative estimate of drug-likeness (QED) is 0.699. The van der Waals surface area contributed by atoms with Crippen molar-refractivity contribution in [1.29, 1.82) is 0 Å². The first kappa shape index (κ1) is 12.8. The van der Waals surface area contributed by atoms with Crippen molar-refractivity contribution in [1.82, 2.24) is 9.97 Å². The molecule has 96 valence electrons. The highest BCUT2D eigenvalue weighted by atomic mass is 79.9. The molecule has 0 aliphatic carbocycles. The topological polar surface area (TPSA) is 54.7 Å². The molecule has 0 saturated heterocycles. The number of hydrogen-bond donors (Lipinski definition) is 2. The highest BCUT2D eigenvalue weighted by Gasteiger charge is 2.11. The molecule has 3 aromatic rings. The summed E-state index contributed by atoms with van der Waals surface area (Å²) in [7, 11) is 0. The lowest BCUT2D eigenvalue weighted by atomic mass is 10.2. The Bertz CT molecular complexity index is 750. The minimum atomic E-state index is 0.487. The van der Waals surface area contributed by atoms with E-state index in [4.69, 9.17) is 5.73 Å². The van der Waals surface area contributed by atoms with Gasteiger partial charge >= 0.3 is 0 Å². The van der Waals surface area contributed by atoms with Gasteiger partial charge < -0.3 is 10.7 Å². The fraction of sp³-hybridized carbons (Fsp3) is 0.0714. The van der Waals surface area contributed by atoms with Gasteiger partial charge in [0, 0.05) is 21.1 Å². The van der Waals surface area contributed by atoms with Gasteiger partial charge in [-0.15, -0.1) is 0 Å². The summed E-state index contributed by atoms with van der Waals surface area (Å²) < 4.78 is 2.02. The number of nitrogens with two attached hydrogens (primary N) is 1. The molecule has 5 heteroatoms. The second kappa shape index (κ2) is 5.07. The summed E-state index contributed by atoms with van der Waals surface area (Å²) in [5.41, 5.74) is 9.76. The summed E-state index contributed by atoms with van der Waals surface area (Å²) >= 11 is 7.04. The average molecular weight is 381 g/mol. The van der Waals surface area contributed by atoms with Crippen LogP contribution in [0.4, 0.5) is 0 Å². The Morgan fingerprint density at radius 1 is 1.16 bits per heavy atom. The van der Waals surface area contributed by atoms with E-state index in [1.54, 1.807) is 0 Å². The fourth-order valence-corrected chi connectivity index (χ4v) is 2.86. The predicted molar refractivity (Wildman–Crippen MR) is 84.8 cm³/mol. The lowest BCUT2D eigenvalue weighted by molar-refractivity contribution is 1.08. The molecule has 3 N–H and O–H groups in total. The number of H-pyrrole nitrogens is 1. The van der Waals surface area contributed by atoms with Gasteiger partial charge in [0.1, 0.15) is 5.82 Å². The van der Waals surface area contributed by atoms with E-state index in [0.717, 1.165) is 36.9 Å². The van der Waals surface area contributed by atoms with Gasteiger partial charge in [0.2, 0.25) is 0 Å². The number of hydrogen-bond acceptors (Lipinski definition) is 2. The lowest BCUT2D eigenvalue weighted by Crippen LogP contribution is -1.96. The third-order valence-corrected chi connectivity index (χ3v) is 4.18. The van der Waals surface area contributed by atoms with Crippen LogP contribution in [0.15, 0.2) is 45.3 Å². The minimum Gasteiger partial charge on any atom is -0.338 e. The first-order chi connectivity index (χ1) is 9.19. The molecule has 0 amide bonds. The van der Waals surface area contributed by atoms with E-state index in [9.17, 15) is 0 Å². The van der Waals surface area contributed by atoms with Crippen LogP contribution in [0.2, 0.25) is 0 Å². The first-order valence-electron chi connectivity index (χ1n) is 5.82. The molecule has 0 saturated carbocycles. The first-order valence-corrected chi connectivity index (χ1v) is 7.41. The van der Waals surface area contributed by atoms with Gasteiger partial charge in [-0.3, -0.25) is 0 Å². The van der Waals surface area contributed by atoms with Crippen molar-refractivity contribution < 1.29 is 0 Å². The Morgan fingerprint density at radius 2 is 2.00 bits per heavy atom. The Morgan fingerprint density at radius 3 is 2.79 bits per heavy atom. The number of fused-ring (bicyclic) bond motifs is 1. The number of aromatic amines is 1. The molecule has 0 atom stereocenters. The van der Waals surface area contributed by atoms with Crippen LogP contribution in [-0.4, -0.2) is 9.97 Å². The van der Waals surface area contributed by atoms with Crippen LogP contribution in [0.25, 0.3) is 22.4 Å². The average Bonchev–Trinajstić information content (AvgIpc) is 2.85. The van der Waals surface area contributed by atoms with Gasteiger partial charge in [0.15, 0.2) is 0 Å². The zero-order valence-corrected chi connectivity index (χ0v) is 13.1. The van der Waals surface area contributed by atoms with Crippen molar-refractivity contribution in [2.24, 2.45) is 5.73 Å². The Hall–Kier alpha value is -1.17. The van der Waals surface area contributed by atoms with Crippen LogP contribution in [0.1, 0.15) is 5.56 Å². The summed E-state index contributed by atoms with van der Waals surface area (Å²) in [6.45, 7) is 0.487. The summed E-state index contributed by atoms with van der Waals surface area (Å²) in [4.78, 5) is 8.01. The maximum Gasteiger partial charge on any atom is 0.139 e. The van der Waals surface area contributed by atoms with Gasteiger partial charge in [-0.25, -0.2) is 4.98 Å². The third kappa shape index (κ3) is 2.33. The van der Waals surface area contributed by atoms with Gasteiger partial charge in [-0.2, -0.15) is 0 Å². The summed E-state index contributed by atoms with van der Waals surface area (Å²) in [6.07, 6.45) is 0. The molecule has 1 aromatic heterocycles. The molecule has 3 rings (SSSR count). The van der Waals surface area contributed by atoms with Crippen LogP contribution < -0.4 is 5.73 Å². The molecule has 0 unspecified atom stereocenters. The molecule has 0 bridgehead atoms. The molecule has 0 radical (unpaired) electrons. The van der Waals surface area contributed by atoms with Crippen LogP contribution in [-0.2, 0) is 6.54 Å². The molecule has 0 aliphatic heterocycles. The van der Waals surface area contributed by atoms with Gasteiger partial charge in [-0.1, -0.05) is 44.0 Å². The third-order valence-electron chi connectivity index (χ3n) is 3.00. The molecule has 3 nitrogen and oxygen atoms in total. The van der Waals surface area contributed by atoms with E-state index in [0.29, 0.717) is 6.54 Å². The largest absolute Gasteiger partial charge is 0.338 e. The number of nitrogens with zero attached hydrogens (tertiary/aromatic N) is 1. The van der Waals surface area contributed by atoms with Crippen LogP contribution in [0.3, 0.4) is 0 Å². The van der Waals surface area contributed by atoms with Gasteiger partial charge in [0.05, 0.1) is 11.0 Å². The maximum atomic E-state index is 5.75. The summed E-state index contributed by atoms with van der Waals surface area (Å²) in [5, 5.41) is 0. The van der Waals surface area contributed by atoms with E-state index >= 15 is 0 Å². The second-order valence-electron chi connectivity index (χ2n) is 4.23. The maximum absolute atomic E-state index is 5.75. The Kier molecular flexibility index (Phi) is 3.43. The number of halogens is 2. The normalized spacial score (nSPS) is 11.1. The summed E-state index contributed by atoms with van der Waals surface area (Å²) in [6, 6.07) is 12.0. The van der Waals surface area contributed by atoms with E-state index < -0.39 is 0 Å². The van der Waals surface area contributed by atoms with Crippen LogP contribution >= 0.6 is 31.9 Å². The van der Waals surface area contributed by atoms with E-state index in [-0.39, 0.29) is 0 Å². The number of aromatic nitrogens is 2. The van der Waals surface area contributed by atoms with Crippen LogP contribution in [0, 0.1) is 0 Å². The van der Waals surface area contributed by atoms with Crippen molar-refractivity contribution in [2.75, 3.05) is 0 Å². The highest BCUT2D eigenvalue weighted by molar-refractivity contribution is 9.11. The van der Waals surface area contributed by atoms with E-state index in [2.05, 4.69) is 41.8 Å². The molecule has 19 heavy (non-hydrogen) atoms. The Labute approximate surface area is 127 Å². The standard InChI is InChI=1S/C14H11Br2N3/c15-9-4-5-11(16)10(6-9)14-18-12-3-1-2-8(7-17)13(12)19-14/h1-6H,7,17H2,(H,18,19). The number of nitrogens with one attached hydrogen (secondary N) is 1. The molecular weight excluding hydrogens is 370 g/mol.